The van der Waals surface area contributed by atoms with Crippen LogP contribution in [-0.2, 0) is 10.0 Å². The van der Waals surface area contributed by atoms with Crippen molar-refractivity contribution in [3.05, 3.63) is 29.8 Å². The van der Waals surface area contributed by atoms with Crippen molar-refractivity contribution >= 4 is 15.9 Å². The van der Waals surface area contributed by atoms with Gasteiger partial charge < -0.3 is 11.1 Å². The third-order valence-electron chi connectivity index (χ3n) is 5.03. The van der Waals surface area contributed by atoms with Crippen LogP contribution in [0.4, 0.5) is 0 Å². The van der Waals surface area contributed by atoms with Gasteiger partial charge in [0.15, 0.2) is 0 Å². The number of amides is 1. The van der Waals surface area contributed by atoms with Crippen LogP contribution in [0.25, 0.3) is 0 Å². The number of rotatable bonds is 9. The molecule has 146 valence electrons. The Hall–Kier alpha value is -1.44. The smallest absolute Gasteiger partial charge is 0.251 e. The van der Waals surface area contributed by atoms with Crippen LogP contribution in [-0.4, -0.2) is 43.8 Å². The van der Waals surface area contributed by atoms with E-state index in [-0.39, 0.29) is 16.3 Å². The lowest BCUT2D eigenvalue weighted by Crippen LogP contribution is -2.51. The highest BCUT2D eigenvalue weighted by atomic mass is 32.2. The molecular weight excluding hydrogens is 350 g/mol. The van der Waals surface area contributed by atoms with E-state index in [1.165, 1.54) is 16.4 Å². The van der Waals surface area contributed by atoms with E-state index in [2.05, 4.69) is 5.32 Å². The molecule has 3 N–H and O–H groups in total. The predicted molar refractivity (Wildman–Crippen MR) is 104 cm³/mol. The standard InChI is InChI=1S/C19H31N3O3S/c1-3-13-22(14-4-2)26(24,25)17-9-7-16(8-10-17)18(23)21-19(15-20)11-5-6-12-19/h7-10H,3-6,11-15,20H2,1-2H3,(H,21,23). The molecule has 0 radical (unpaired) electrons. The number of sulfonamides is 1. The summed E-state index contributed by atoms with van der Waals surface area (Å²) in [6, 6.07) is 6.20. The maximum Gasteiger partial charge on any atom is 0.251 e. The Labute approximate surface area is 157 Å². The summed E-state index contributed by atoms with van der Waals surface area (Å²) in [5.41, 5.74) is 6.01. The van der Waals surface area contributed by atoms with E-state index in [9.17, 15) is 13.2 Å². The van der Waals surface area contributed by atoms with Gasteiger partial charge >= 0.3 is 0 Å². The number of carbonyl (C=O) groups is 1. The Morgan fingerprint density at radius 3 is 2.12 bits per heavy atom. The summed E-state index contributed by atoms with van der Waals surface area (Å²) in [6.45, 7) is 5.34. The summed E-state index contributed by atoms with van der Waals surface area (Å²) in [7, 11) is -3.53. The second-order valence-corrected chi connectivity index (χ2v) is 9.01. The van der Waals surface area contributed by atoms with Crippen LogP contribution < -0.4 is 11.1 Å². The minimum absolute atomic E-state index is 0.194. The molecule has 0 bridgehead atoms. The van der Waals surface area contributed by atoms with E-state index in [0.717, 1.165) is 38.5 Å². The largest absolute Gasteiger partial charge is 0.345 e. The van der Waals surface area contributed by atoms with Crippen molar-refractivity contribution in [3.63, 3.8) is 0 Å². The molecular formula is C19H31N3O3S. The fourth-order valence-electron chi connectivity index (χ4n) is 3.52. The molecule has 2 rings (SSSR count). The van der Waals surface area contributed by atoms with Crippen molar-refractivity contribution in [2.75, 3.05) is 19.6 Å². The summed E-state index contributed by atoms with van der Waals surface area (Å²) < 4.78 is 27.1. The molecule has 1 aromatic carbocycles. The zero-order chi connectivity index (χ0) is 19.2. The fraction of sp³-hybridized carbons (Fsp3) is 0.632. The van der Waals surface area contributed by atoms with E-state index in [1.807, 2.05) is 13.8 Å². The van der Waals surface area contributed by atoms with Crippen LogP contribution in [0.1, 0.15) is 62.7 Å². The third-order valence-corrected chi connectivity index (χ3v) is 6.94. The van der Waals surface area contributed by atoms with Crippen molar-refractivity contribution in [2.45, 2.75) is 62.8 Å². The van der Waals surface area contributed by atoms with Gasteiger partial charge in [0.05, 0.1) is 10.4 Å². The van der Waals surface area contributed by atoms with Crippen molar-refractivity contribution < 1.29 is 13.2 Å². The maximum atomic E-state index is 12.8. The summed E-state index contributed by atoms with van der Waals surface area (Å²) in [6.07, 6.45) is 5.45. The van der Waals surface area contributed by atoms with Gasteiger partial charge in [-0.2, -0.15) is 4.31 Å². The van der Waals surface area contributed by atoms with Crippen molar-refractivity contribution in [1.29, 1.82) is 0 Å². The fourth-order valence-corrected chi connectivity index (χ4v) is 5.15. The van der Waals surface area contributed by atoms with E-state index < -0.39 is 10.0 Å². The predicted octanol–water partition coefficient (Wildman–Crippen LogP) is 2.50. The van der Waals surface area contributed by atoms with Gasteiger partial charge in [0, 0.05) is 25.2 Å². The Morgan fingerprint density at radius 2 is 1.65 bits per heavy atom. The lowest BCUT2D eigenvalue weighted by atomic mass is 9.97. The highest BCUT2D eigenvalue weighted by Crippen LogP contribution is 2.29. The zero-order valence-corrected chi connectivity index (χ0v) is 16.6. The lowest BCUT2D eigenvalue weighted by molar-refractivity contribution is 0.0903. The molecule has 0 spiro atoms. The molecule has 1 saturated carbocycles. The van der Waals surface area contributed by atoms with Gasteiger partial charge in [-0.1, -0.05) is 26.7 Å². The molecule has 0 unspecified atom stereocenters. The molecule has 1 aliphatic carbocycles. The molecule has 0 heterocycles. The molecule has 1 aliphatic rings. The van der Waals surface area contributed by atoms with Gasteiger partial charge in [0.1, 0.15) is 0 Å². The van der Waals surface area contributed by atoms with Crippen LogP contribution in [0.15, 0.2) is 29.2 Å². The Kier molecular flexibility index (Phi) is 7.20. The van der Waals surface area contributed by atoms with Gasteiger partial charge in [-0.25, -0.2) is 8.42 Å². The van der Waals surface area contributed by atoms with Gasteiger partial charge in [-0.15, -0.1) is 0 Å². The Morgan fingerprint density at radius 1 is 1.12 bits per heavy atom. The average molecular weight is 382 g/mol. The Balaban J connectivity index is 2.15. The molecule has 0 atom stereocenters. The topological polar surface area (TPSA) is 92.5 Å². The first-order chi connectivity index (χ1) is 12.4. The highest BCUT2D eigenvalue weighted by molar-refractivity contribution is 7.89. The lowest BCUT2D eigenvalue weighted by Gasteiger charge is -2.28. The van der Waals surface area contributed by atoms with Crippen LogP contribution in [0.5, 0.6) is 0 Å². The van der Waals surface area contributed by atoms with Crippen LogP contribution in [0.2, 0.25) is 0 Å². The quantitative estimate of drug-likeness (QED) is 0.687. The van der Waals surface area contributed by atoms with Crippen molar-refractivity contribution in [2.24, 2.45) is 5.73 Å². The second kappa shape index (κ2) is 8.97. The summed E-state index contributed by atoms with van der Waals surface area (Å²) in [5.74, 6) is -0.194. The highest BCUT2D eigenvalue weighted by Gasteiger charge is 2.34. The van der Waals surface area contributed by atoms with Crippen LogP contribution in [0, 0.1) is 0 Å². The summed E-state index contributed by atoms with van der Waals surface area (Å²) >= 11 is 0. The van der Waals surface area contributed by atoms with E-state index in [1.54, 1.807) is 12.1 Å². The first-order valence-corrected chi connectivity index (χ1v) is 11.0. The number of hydrogen-bond acceptors (Lipinski definition) is 4. The third kappa shape index (κ3) is 4.64. The molecule has 6 nitrogen and oxygen atoms in total. The monoisotopic (exact) mass is 381 g/mol. The number of hydrogen-bond donors (Lipinski definition) is 2. The van der Waals surface area contributed by atoms with E-state index >= 15 is 0 Å². The average Bonchev–Trinajstić information content (AvgIpc) is 3.10. The molecule has 1 fully saturated rings. The molecule has 0 saturated heterocycles. The van der Waals surface area contributed by atoms with Gasteiger partial charge in [-0.05, 0) is 49.9 Å². The van der Waals surface area contributed by atoms with E-state index in [4.69, 9.17) is 5.73 Å². The zero-order valence-electron chi connectivity index (χ0n) is 15.8. The Bertz CT molecular complexity index is 689. The summed E-state index contributed by atoms with van der Waals surface area (Å²) in [4.78, 5) is 12.8. The maximum absolute atomic E-state index is 12.8. The minimum atomic E-state index is -3.53. The van der Waals surface area contributed by atoms with Crippen LogP contribution in [0.3, 0.4) is 0 Å². The van der Waals surface area contributed by atoms with Crippen molar-refractivity contribution in [3.8, 4) is 0 Å². The second-order valence-electron chi connectivity index (χ2n) is 7.07. The number of benzene rings is 1. The van der Waals surface area contributed by atoms with Gasteiger partial charge in [0.25, 0.3) is 5.91 Å². The normalized spacial score (nSPS) is 16.8. The minimum Gasteiger partial charge on any atom is -0.345 e. The first kappa shape index (κ1) is 20.9. The van der Waals surface area contributed by atoms with Gasteiger partial charge in [0.2, 0.25) is 10.0 Å². The van der Waals surface area contributed by atoms with Crippen molar-refractivity contribution in [1.82, 2.24) is 9.62 Å². The molecule has 1 aromatic rings. The summed E-state index contributed by atoms with van der Waals surface area (Å²) in [5, 5.41) is 3.06. The van der Waals surface area contributed by atoms with E-state index in [0.29, 0.717) is 25.2 Å². The molecule has 26 heavy (non-hydrogen) atoms. The van der Waals surface area contributed by atoms with Gasteiger partial charge in [-0.3, -0.25) is 4.79 Å². The first-order valence-electron chi connectivity index (χ1n) is 9.51. The molecule has 1 amide bonds. The number of nitrogens with one attached hydrogen (secondary N) is 1. The SMILES string of the molecule is CCCN(CCC)S(=O)(=O)c1ccc(C(=O)NC2(CN)CCCC2)cc1. The molecule has 0 aliphatic heterocycles. The molecule has 7 heteroatoms. The number of nitrogens with two attached hydrogens (primary N) is 1. The van der Waals surface area contributed by atoms with Crippen LogP contribution >= 0.6 is 0 Å². The number of nitrogens with zero attached hydrogens (tertiary/aromatic N) is 1. The number of carbonyl (C=O) groups excluding carboxylic acids is 1. The molecule has 0 aromatic heterocycles.